The first-order chi connectivity index (χ1) is 16.4. The Morgan fingerprint density at radius 1 is 1.00 bits per heavy atom. The minimum Gasteiger partial charge on any atom is -0.383 e. The molecule has 0 fully saturated rings. The van der Waals surface area contributed by atoms with Crippen molar-refractivity contribution in [3.8, 4) is 5.69 Å². The molecule has 1 amide bonds. The number of carbonyl (C=O) groups is 1. The number of aliphatic imine (C=N–C) groups is 1. The third kappa shape index (κ3) is 3.74. The Balaban J connectivity index is 1.60. The molecule has 2 aromatic heterocycles. The van der Waals surface area contributed by atoms with Crippen LogP contribution < -0.4 is 11.1 Å². The predicted octanol–water partition coefficient (Wildman–Crippen LogP) is 5.06. The number of alkyl halides is 6. The van der Waals surface area contributed by atoms with Gasteiger partial charge in [-0.1, -0.05) is 18.2 Å². The van der Waals surface area contributed by atoms with Gasteiger partial charge in [-0.25, -0.2) is 9.67 Å². The lowest BCUT2D eigenvalue weighted by Gasteiger charge is -2.15. The van der Waals surface area contributed by atoms with Crippen molar-refractivity contribution < 1.29 is 31.1 Å². The molecule has 0 saturated heterocycles. The van der Waals surface area contributed by atoms with Gasteiger partial charge < -0.3 is 11.1 Å². The average molecular weight is 490 g/mol. The Bertz CT molecular complexity index is 1540. The molecule has 35 heavy (non-hydrogen) atoms. The summed E-state index contributed by atoms with van der Waals surface area (Å²) in [4.78, 5) is 20.1. The smallest absolute Gasteiger partial charge is 0.383 e. The molecule has 0 aliphatic carbocycles. The summed E-state index contributed by atoms with van der Waals surface area (Å²) in [5.74, 6) is -1.07. The quantitative estimate of drug-likeness (QED) is 0.392. The molecule has 5 rings (SSSR count). The molecule has 3 N–H and O–H groups in total. The number of amidine groups is 1. The Labute approximate surface area is 191 Å². The normalized spacial score (nSPS) is 13.3. The van der Waals surface area contributed by atoms with Crippen LogP contribution >= 0.6 is 0 Å². The van der Waals surface area contributed by atoms with Gasteiger partial charge in [0.15, 0.2) is 5.69 Å². The fourth-order valence-electron chi connectivity index (χ4n) is 3.89. The van der Waals surface area contributed by atoms with Crippen molar-refractivity contribution in [1.29, 1.82) is 0 Å². The first-order valence-electron chi connectivity index (χ1n) is 9.85. The molecule has 0 spiro atoms. The number of aromatic nitrogens is 3. The molecule has 0 atom stereocenters. The molecule has 0 unspecified atom stereocenters. The summed E-state index contributed by atoms with van der Waals surface area (Å²) in [6, 6.07) is 9.25. The summed E-state index contributed by atoms with van der Waals surface area (Å²) < 4.78 is 81.7. The van der Waals surface area contributed by atoms with E-state index in [4.69, 9.17) is 5.73 Å². The van der Waals surface area contributed by atoms with E-state index < -0.39 is 35.2 Å². The van der Waals surface area contributed by atoms with Gasteiger partial charge in [0.1, 0.15) is 11.5 Å². The number of hydrogen-bond acceptors (Lipinski definition) is 5. The molecular formula is C22H12F6N6O. The highest BCUT2D eigenvalue weighted by Crippen LogP contribution is 2.40. The van der Waals surface area contributed by atoms with Crippen LogP contribution in [0.2, 0.25) is 0 Å². The van der Waals surface area contributed by atoms with Gasteiger partial charge in [-0.2, -0.15) is 31.4 Å². The molecule has 0 bridgehead atoms. The highest BCUT2D eigenvalue weighted by atomic mass is 19.4. The van der Waals surface area contributed by atoms with Gasteiger partial charge in [0, 0.05) is 28.2 Å². The van der Waals surface area contributed by atoms with Gasteiger partial charge >= 0.3 is 12.4 Å². The van der Waals surface area contributed by atoms with Crippen LogP contribution in [0.1, 0.15) is 27.3 Å². The van der Waals surface area contributed by atoms with Gasteiger partial charge in [-0.15, -0.1) is 0 Å². The monoisotopic (exact) mass is 490 g/mol. The number of nitrogens with one attached hydrogen (secondary N) is 1. The van der Waals surface area contributed by atoms with E-state index in [2.05, 4.69) is 20.4 Å². The van der Waals surface area contributed by atoms with E-state index in [0.717, 1.165) is 12.3 Å². The molecule has 3 heterocycles. The number of nitrogens with two attached hydrogens (primary N) is 1. The molecule has 178 valence electrons. The summed E-state index contributed by atoms with van der Waals surface area (Å²) in [6.45, 7) is 0. The molecule has 4 aromatic rings. The van der Waals surface area contributed by atoms with Crippen molar-refractivity contribution in [3.05, 3.63) is 77.4 Å². The number of carbonyl (C=O) groups excluding carboxylic acids is 1. The maximum absolute atomic E-state index is 14.1. The summed E-state index contributed by atoms with van der Waals surface area (Å²) >= 11 is 0. The van der Waals surface area contributed by atoms with Crippen molar-refractivity contribution in [2.45, 2.75) is 12.4 Å². The lowest BCUT2D eigenvalue weighted by molar-refractivity contribution is -0.143. The minimum absolute atomic E-state index is 0.0187. The first kappa shape index (κ1) is 22.4. The van der Waals surface area contributed by atoms with Crippen molar-refractivity contribution in [2.24, 2.45) is 10.7 Å². The van der Waals surface area contributed by atoms with Crippen molar-refractivity contribution in [1.82, 2.24) is 14.8 Å². The van der Waals surface area contributed by atoms with Gasteiger partial charge in [-0.05, 0) is 24.3 Å². The average Bonchev–Trinajstić information content (AvgIpc) is 3.37. The third-order valence-electron chi connectivity index (χ3n) is 5.33. The largest absolute Gasteiger partial charge is 0.434 e. The zero-order valence-corrected chi connectivity index (χ0v) is 17.2. The second kappa shape index (κ2) is 7.55. The van der Waals surface area contributed by atoms with E-state index in [-0.39, 0.29) is 17.2 Å². The molecule has 2 aromatic carbocycles. The Hall–Kier alpha value is -4.42. The summed E-state index contributed by atoms with van der Waals surface area (Å²) in [6.07, 6.45) is -8.34. The number of pyridine rings is 1. The van der Waals surface area contributed by atoms with Gasteiger partial charge in [0.2, 0.25) is 0 Å². The second-order valence-electron chi connectivity index (χ2n) is 7.53. The number of benzene rings is 2. The van der Waals surface area contributed by atoms with Crippen LogP contribution in [-0.4, -0.2) is 26.5 Å². The van der Waals surface area contributed by atoms with E-state index in [9.17, 15) is 31.1 Å². The highest BCUT2D eigenvalue weighted by Gasteiger charge is 2.41. The number of hydrogen-bond donors (Lipinski definition) is 2. The topological polar surface area (TPSA) is 98.2 Å². The van der Waals surface area contributed by atoms with Crippen LogP contribution in [0.5, 0.6) is 0 Å². The second-order valence-corrected chi connectivity index (χ2v) is 7.53. The summed E-state index contributed by atoms with van der Waals surface area (Å²) in [5, 5.41) is 6.75. The SMILES string of the molecule is NC1=Nc2ccc(-n3ncc(C(=O)Nc4ccnc(C(F)(F)F)c4)c3C(F)(F)F)c3cccc1c23. The van der Waals surface area contributed by atoms with Gasteiger partial charge in [0.25, 0.3) is 5.91 Å². The Morgan fingerprint density at radius 2 is 1.77 bits per heavy atom. The van der Waals surface area contributed by atoms with Crippen molar-refractivity contribution in [2.75, 3.05) is 5.32 Å². The zero-order chi connectivity index (χ0) is 25.1. The van der Waals surface area contributed by atoms with Crippen LogP contribution in [0.15, 0.2) is 59.9 Å². The number of anilines is 1. The summed E-state index contributed by atoms with van der Waals surface area (Å²) in [7, 11) is 0. The Kier molecular flexibility index (Phi) is 4.83. The van der Waals surface area contributed by atoms with E-state index in [1.165, 1.54) is 12.1 Å². The van der Waals surface area contributed by atoms with E-state index in [1.807, 2.05) is 0 Å². The van der Waals surface area contributed by atoms with Crippen molar-refractivity contribution in [3.63, 3.8) is 0 Å². The first-order valence-corrected chi connectivity index (χ1v) is 9.85. The lowest BCUT2D eigenvalue weighted by Crippen LogP contribution is -2.21. The number of halogens is 6. The standard InChI is InChI=1S/C22H12F6N6O/c23-21(24,25)16-8-10(6-7-30-16)32-20(35)13-9-31-34(18(13)22(26,27)28)15-5-4-14-17-11(15)2-1-3-12(17)19(29)33-14/h1-9H,(H2,29,33)(H,30,32,35). The van der Waals surface area contributed by atoms with Crippen LogP contribution in [0.4, 0.5) is 37.7 Å². The summed E-state index contributed by atoms with van der Waals surface area (Å²) in [5.41, 5.74) is 3.00. The van der Waals surface area contributed by atoms with Crippen LogP contribution in [-0.2, 0) is 12.4 Å². The van der Waals surface area contributed by atoms with E-state index >= 15 is 0 Å². The van der Waals surface area contributed by atoms with Crippen LogP contribution in [0, 0.1) is 0 Å². The molecular weight excluding hydrogens is 478 g/mol. The van der Waals surface area contributed by atoms with Crippen LogP contribution in [0.3, 0.4) is 0 Å². The fourth-order valence-corrected chi connectivity index (χ4v) is 3.89. The number of amides is 1. The van der Waals surface area contributed by atoms with Crippen LogP contribution in [0.25, 0.3) is 16.5 Å². The number of rotatable bonds is 3. The maximum atomic E-state index is 14.1. The van der Waals surface area contributed by atoms with E-state index in [0.29, 0.717) is 39.0 Å². The van der Waals surface area contributed by atoms with E-state index in [1.54, 1.807) is 18.2 Å². The molecule has 1 aliphatic heterocycles. The van der Waals surface area contributed by atoms with Gasteiger partial charge in [0.05, 0.1) is 23.1 Å². The zero-order valence-electron chi connectivity index (χ0n) is 17.2. The van der Waals surface area contributed by atoms with Crippen molar-refractivity contribution >= 4 is 33.9 Å². The Morgan fingerprint density at radius 3 is 2.49 bits per heavy atom. The minimum atomic E-state index is -5.03. The molecule has 13 heteroatoms. The maximum Gasteiger partial charge on any atom is 0.434 e. The lowest BCUT2D eigenvalue weighted by atomic mass is 10.0. The van der Waals surface area contributed by atoms with Gasteiger partial charge in [-0.3, -0.25) is 9.78 Å². The predicted molar refractivity (Wildman–Crippen MR) is 114 cm³/mol. The molecule has 0 saturated carbocycles. The molecule has 7 nitrogen and oxygen atoms in total. The third-order valence-corrected chi connectivity index (χ3v) is 5.33. The molecule has 0 radical (unpaired) electrons. The number of nitrogens with zero attached hydrogens (tertiary/aromatic N) is 4. The highest BCUT2D eigenvalue weighted by molar-refractivity contribution is 6.19. The molecule has 1 aliphatic rings. The fraction of sp³-hybridized carbons (Fsp3) is 0.0909.